The van der Waals surface area contributed by atoms with Gasteiger partial charge in [0.25, 0.3) is 0 Å². The van der Waals surface area contributed by atoms with E-state index in [4.69, 9.17) is 4.74 Å². The molecule has 0 unspecified atom stereocenters. The minimum absolute atomic E-state index is 0.0999. The van der Waals surface area contributed by atoms with Crippen LogP contribution in [0.5, 0.6) is 0 Å². The van der Waals surface area contributed by atoms with Crippen molar-refractivity contribution in [3.8, 4) is 0 Å². The van der Waals surface area contributed by atoms with Crippen molar-refractivity contribution < 1.29 is 24.5 Å². The monoisotopic (exact) mass is 570 g/mol. The summed E-state index contributed by atoms with van der Waals surface area (Å²) in [6.45, 7) is 5.35. The van der Waals surface area contributed by atoms with Crippen LogP contribution in [-0.4, -0.2) is 46.1 Å². The van der Waals surface area contributed by atoms with E-state index in [1.54, 1.807) is 20.8 Å². The molecule has 3 aromatic rings. The summed E-state index contributed by atoms with van der Waals surface area (Å²) < 4.78 is 5.48. The molecule has 0 saturated heterocycles. The molecule has 2 amide bonds. The van der Waals surface area contributed by atoms with E-state index >= 15 is 0 Å². The second-order valence-electron chi connectivity index (χ2n) is 11.9. The smallest absolute Gasteiger partial charge is 0.407 e. The Morgan fingerprint density at radius 3 is 2.31 bits per heavy atom. The van der Waals surface area contributed by atoms with Crippen molar-refractivity contribution in [2.45, 2.75) is 76.3 Å². The first-order valence-electron chi connectivity index (χ1n) is 14.6. The van der Waals surface area contributed by atoms with Crippen LogP contribution in [0.15, 0.2) is 91.0 Å². The molecule has 222 valence electrons. The molecule has 0 radical (unpaired) electrons. The average Bonchev–Trinajstić information content (AvgIpc) is 3.26. The number of benzene rings is 3. The SMILES string of the molecule is CC(C)(C)OC(=O)N[C@@H](Cc1ccccc1)[C@@H](O)C[C@@H](C/C=C/c1ccccc1)C(=O)N[C@@H]1c2ccccc2C[C@H]1O. The third kappa shape index (κ3) is 9.03. The van der Waals surface area contributed by atoms with Crippen molar-refractivity contribution in [2.24, 2.45) is 5.92 Å². The fourth-order valence-corrected chi connectivity index (χ4v) is 5.33. The Hall–Kier alpha value is -3.94. The van der Waals surface area contributed by atoms with Gasteiger partial charge < -0.3 is 25.6 Å². The Bertz CT molecular complexity index is 1340. The fourth-order valence-electron chi connectivity index (χ4n) is 5.33. The van der Waals surface area contributed by atoms with Crippen molar-refractivity contribution >= 4 is 18.1 Å². The molecule has 3 aromatic carbocycles. The van der Waals surface area contributed by atoms with Gasteiger partial charge in [-0.3, -0.25) is 4.79 Å². The number of alkyl carbamates (subject to hydrolysis) is 1. The number of fused-ring (bicyclic) bond motifs is 1. The lowest BCUT2D eigenvalue weighted by molar-refractivity contribution is -0.127. The van der Waals surface area contributed by atoms with Gasteiger partial charge in [-0.15, -0.1) is 0 Å². The standard InChI is InChI=1S/C35H42N2O5/c1-35(2,3)42-34(41)36-29(21-25-15-8-5-9-16-25)30(38)23-27(19-12-17-24-13-6-4-7-14-24)33(40)37-32-28-20-11-10-18-26(28)22-31(32)39/h4-18,20,27,29-32,38-39H,19,21-23H2,1-3H3,(H,36,41)(H,37,40)/b17-12+/t27-,29+,30+,31-,32-/m1/s1. The highest BCUT2D eigenvalue weighted by molar-refractivity contribution is 5.80. The first-order valence-corrected chi connectivity index (χ1v) is 14.6. The third-order valence-electron chi connectivity index (χ3n) is 7.39. The highest BCUT2D eigenvalue weighted by Crippen LogP contribution is 2.32. The molecular weight excluding hydrogens is 528 g/mol. The van der Waals surface area contributed by atoms with Crippen molar-refractivity contribution in [1.29, 1.82) is 0 Å². The van der Waals surface area contributed by atoms with Gasteiger partial charge in [-0.25, -0.2) is 4.79 Å². The summed E-state index contributed by atoms with van der Waals surface area (Å²) in [6, 6.07) is 25.9. The number of nitrogens with one attached hydrogen (secondary N) is 2. The number of rotatable bonds is 11. The molecule has 0 saturated carbocycles. The second kappa shape index (κ2) is 14.3. The molecular formula is C35H42N2O5. The van der Waals surface area contributed by atoms with Crippen LogP contribution in [0.1, 0.15) is 61.9 Å². The van der Waals surface area contributed by atoms with Gasteiger partial charge >= 0.3 is 6.09 Å². The van der Waals surface area contributed by atoms with E-state index in [0.29, 0.717) is 19.3 Å². The van der Waals surface area contributed by atoms with E-state index in [1.807, 2.05) is 97.1 Å². The van der Waals surface area contributed by atoms with Crippen molar-refractivity contribution in [1.82, 2.24) is 10.6 Å². The first kappa shape index (κ1) is 31.0. The normalized spacial score (nSPS) is 18.6. The summed E-state index contributed by atoms with van der Waals surface area (Å²) >= 11 is 0. The number of hydrogen-bond acceptors (Lipinski definition) is 5. The van der Waals surface area contributed by atoms with Crippen molar-refractivity contribution in [3.05, 3.63) is 113 Å². The summed E-state index contributed by atoms with van der Waals surface area (Å²) in [7, 11) is 0. The predicted octanol–water partition coefficient (Wildman–Crippen LogP) is 5.37. The second-order valence-corrected chi connectivity index (χ2v) is 11.9. The Morgan fingerprint density at radius 2 is 1.62 bits per heavy atom. The Kier molecular flexibility index (Phi) is 10.6. The molecule has 0 bridgehead atoms. The third-order valence-corrected chi connectivity index (χ3v) is 7.39. The molecule has 0 aliphatic heterocycles. The fraction of sp³-hybridized carbons (Fsp3) is 0.371. The largest absolute Gasteiger partial charge is 0.444 e. The van der Waals surface area contributed by atoms with Gasteiger partial charge in [0.15, 0.2) is 0 Å². The van der Waals surface area contributed by atoms with Crippen molar-refractivity contribution in [3.63, 3.8) is 0 Å². The molecule has 0 fully saturated rings. The minimum atomic E-state index is -1.04. The van der Waals surface area contributed by atoms with Crippen LogP contribution >= 0.6 is 0 Å². The lowest BCUT2D eigenvalue weighted by Gasteiger charge is -2.29. The molecule has 0 spiro atoms. The zero-order valence-corrected chi connectivity index (χ0v) is 24.6. The highest BCUT2D eigenvalue weighted by Gasteiger charge is 2.35. The maximum absolute atomic E-state index is 13.7. The van der Waals surface area contributed by atoms with Gasteiger partial charge in [0, 0.05) is 12.3 Å². The molecule has 4 N–H and O–H groups in total. The molecule has 1 aliphatic carbocycles. The van der Waals surface area contributed by atoms with Gasteiger partial charge in [-0.2, -0.15) is 0 Å². The van der Waals surface area contributed by atoms with Gasteiger partial charge in [-0.05, 0) is 62.3 Å². The number of aliphatic hydroxyl groups is 2. The average molecular weight is 571 g/mol. The predicted molar refractivity (Wildman–Crippen MR) is 165 cm³/mol. The Labute approximate surface area is 248 Å². The maximum atomic E-state index is 13.7. The van der Waals surface area contributed by atoms with Crippen LogP contribution in [0.4, 0.5) is 4.79 Å². The number of ether oxygens (including phenoxy) is 1. The molecule has 0 aromatic heterocycles. The number of allylic oxidation sites excluding steroid dienone is 1. The van der Waals surface area contributed by atoms with Crippen LogP contribution < -0.4 is 10.6 Å². The maximum Gasteiger partial charge on any atom is 0.407 e. The molecule has 4 rings (SSSR count). The highest BCUT2D eigenvalue weighted by atomic mass is 16.6. The number of carbonyl (C=O) groups excluding carboxylic acids is 2. The summed E-state index contributed by atoms with van der Waals surface area (Å²) in [5, 5.41) is 28.1. The molecule has 1 aliphatic rings. The zero-order valence-electron chi connectivity index (χ0n) is 24.6. The van der Waals surface area contributed by atoms with Gasteiger partial charge in [0.2, 0.25) is 5.91 Å². The number of aliphatic hydroxyl groups excluding tert-OH is 2. The quantitative estimate of drug-likeness (QED) is 0.248. The molecule has 7 heteroatoms. The number of carbonyl (C=O) groups is 2. The van der Waals surface area contributed by atoms with E-state index in [-0.39, 0.29) is 12.3 Å². The topological polar surface area (TPSA) is 108 Å². The minimum Gasteiger partial charge on any atom is -0.444 e. The summed E-state index contributed by atoms with van der Waals surface area (Å²) in [4.78, 5) is 26.5. The lowest BCUT2D eigenvalue weighted by atomic mass is 9.90. The molecule has 42 heavy (non-hydrogen) atoms. The summed E-state index contributed by atoms with van der Waals surface area (Å²) in [5.74, 6) is -0.873. The van der Waals surface area contributed by atoms with Crippen LogP contribution in [0.25, 0.3) is 6.08 Å². The Morgan fingerprint density at radius 1 is 0.976 bits per heavy atom. The van der Waals surface area contributed by atoms with Crippen LogP contribution in [-0.2, 0) is 22.4 Å². The summed E-state index contributed by atoms with van der Waals surface area (Å²) in [6.07, 6.45) is 2.79. The first-order chi connectivity index (χ1) is 20.1. The lowest BCUT2D eigenvalue weighted by Crippen LogP contribution is -2.48. The van der Waals surface area contributed by atoms with E-state index in [0.717, 1.165) is 22.3 Å². The van der Waals surface area contributed by atoms with E-state index < -0.39 is 41.9 Å². The van der Waals surface area contributed by atoms with E-state index in [1.165, 1.54) is 0 Å². The molecule has 7 nitrogen and oxygen atoms in total. The van der Waals surface area contributed by atoms with E-state index in [9.17, 15) is 19.8 Å². The van der Waals surface area contributed by atoms with Crippen LogP contribution in [0, 0.1) is 5.92 Å². The zero-order chi connectivity index (χ0) is 30.1. The van der Waals surface area contributed by atoms with Gasteiger partial charge in [0.1, 0.15) is 5.60 Å². The van der Waals surface area contributed by atoms with Gasteiger partial charge in [-0.1, -0.05) is 97.1 Å². The van der Waals surface area contributed by atoms with Crippen LogP contribution in [0.3, 0.4) is 0 Å². The number of amides is 2. The molecule has 5 atom stereocenters. The van der Waals surface area contributed by atoms with Crippen LogP contribution in [0.2, 0.25) is 0 Å². The Balaban J connectivity index is 1.54. The van der Waals surface area contributed by atoms with Gasteiger partial charge in [0.05, 0.1) is 24.3 Å². The summed E-state index contributed by atoms with van der Waals surface area (Å²) in [5.41, 5.74) is 3.17. The number of hydrogen-bond donors (Lipinski definition) is 4. The van der Waals surface area contributed by atoms with E-state index in [2.05, 4.69) is 10.6 Å². The van der Waals surface area contributed by atoms with Crippen molar-refractivity contribution in [2.75, 3.05) is 0 Å². The molecule has 0 heterocycles.